The summed E-state index contributed by atoms with van der Waals surface area (Å²) in [6, 6.07) is -0.458. The number of nitrogens with zero attached hydrogens (tertiary/aromatic N) is 1. The summed E-state index contributed by atoms with van der Waals surface area (Å²) < 4.78 is 10.2. The molecule has 106 valence electrons. The number of alkyl halides is 1. The van der Waals surface area contributed by atoms with Gasteiger partial charge < -0.3 is 9.47 Å². The number of amides is 1. The van der Waals surface area contributed by atoms with Crippen LogP contribution in [-0.2, 0) is 14.3 Å². The number of fused-ring (bicyclic) bond motifs is 2. The first-order chi connectivity index (χ1) is 8.76. The van der Waals surface area contributed by atoms with Gasteiger partial charge in [-0.1, -0.05) is 28.1 Å². The molecule has 19 heavy (non-hydrogen) atoms. The average Bonchev–Trinajstić information content (AvgIpc) is 2.81. The molecule has 2 rings (SSSR count). The highest BCUT2D eigenvalue weighted by molar-refractivity contribution is 9.09. The van der Waals surface area contributed by atoms with Crippen LogP contribution in [0.1, 0.15) is 20.8 Å². The molecule has 1 fully saturated rings. The van der Waals surface area contributed by atoms with Crippen LogP contribution in [0.2, 0.25) is 0 Å². The summed E-state index contributed by atoms with van der Waals surface area (Å²) in [4.78, 5) is 25.5. The van der Waals surface area contributed by atoms with E-state index >= 15 is 0 Å². The highest BCUT2D eigenvalue weighted by Gasteiger charge is 2.55. The topological polar surface area (TPSA) is 55.8 Å². The van der Waals surface area contributed by atoms with Crippen LogP contribution in [0, 0.1) is 5.92 Å². The molecule has 2 aliphatic rings. The van der Waals surface area contributed by atoms with E-state index in [1.54, 1.807) is 4.90 Å². The third kappa shape index (κ3) is 2.50. The zero-order chi connectivity index (χ0) is 14.4. The van der Waals surface area contributed by atoms with E-state index < -0.39 is 11.7 Å². The van der Waals surface area contributed by atoms with Crippen molar-refractivity contribution in [3.8, 4) is 0 Å². The summed E-state index contributed by atoms with van der Waals surface area (Å²) in [5.41, 5.74) is -0.554. The molecular weight excluding hydrogens is 314 g/mol. The number of hydrogen-bond donors (Lipinski definition) is 0. The van der Waals surface area contributed by atoms with E-state index in [1.165, 1.54) is 7.11 Å². The fourth-order valence-electron chi connectivity index (χ4n) is 2.53. The second-order valence-corrected chi connectivity index (χ2v) is 6.80. The fourth-order valence-corrected chi connectivity index (χ4v) is 3.49. The minimum Gasteiger partial charge on any atom is -0.469 e. The Hall–Kier alpha value is -1.04. The third-order valence-electron chi connectivity index (χ3n) is 3.26. The van der Waals surface area contributed by atoms with Crippen molar-refractivity contribution in [2.24, 2.45) is 5.92 Å². The van der Waals surface area contributed by atoms with Crippen LogP contribution in [0.3, 0.4) is 0 Å². The van der Waals surface area contributed by atoms with Crippen molar-refractivity contribution in [1.82, 2.24) is 4.90 Å². The van der Waals surface area contributed by atoms with E-state index in [4.69, 9.17) is 9.47 Å². The number of halogens is 1. The Labute approximate surface area is 121 Å². The normalized spacial score (nSPS) is 32.6. The van der Waals surface area contributed by atoms with Crippen molar-refractivity contribution in [2.45, 2.75) is 43.3 Å². The number of carbonyl (C=O) groups is 2. The molecule has 0 N–H and O–H groups in total. The zero-order valence-electron chi connectivity index (χ0n) is 11.4. The van der Waals surface area contributed by atoms with Crippen LogP contribution >= 0.6 is 15.9 Å². The standard InChI is InChI=1S/C13H18BrNO4/c1-13(2,3)19-12(17)15-7-5-6-8(15)10(14)9(7)11(16)18-4/h5-10H,1-4H3. The van der Waals surface area contributed by atoms with Crippen molar-refractivity contribution in [1.29, 1.82) is 0 Å². The highest BCUT2D eigenvalue weighted by Crippen LogP contribution is 2.42. The molecule has 2 heterocycles. The van der Waals surface area contributed by atoms with Gasteiger partial charge in [-0.2, -0.15) is 0 Å². The lowest BCUT2D eigenvalue weighted by atomic mass is 9.94. The quantitative estimate of drug-likeness (QED) is 0.419. The number of ether oxygens (including phenoxy) is 2. The average molecular weight is 332 g/mol. The lowest BCUT2D eigenvalue weighted by Crippen LogP contribution is -2.42. The largest absolute Gasteiger partial charge is 0.469 e. The van der Waals surface area contributed by atoms with Gasteiger partial charge >= 0.3 is 12.1 Å². The zero-order valence-corrected chi connectivity index (χ0v) is 13.0. The third-order valence-corrected chi connectivity index (χ3v) is 4.37. The maximum absolute atomic E-state index is 12.2. The molecule has 0 spiro atoms. The number of carbonyl (C=O) groups excluding carboxylic acids is 2. The lowest BCUT2D eigenvalue weighted by molar-refractivity contribution is -0.145. The van der Waals surface area contributed by atoms with Crippen molar-refractivity contribution in [3.63, 3.8) is 0 Å². The Morgan fingerprint density at radius 1 is 1.21 bits per heavy atom. The molecule has 0 aliphatic carbocycles. The Morgan fingerprint density at radius 3 is 2.32 bits per heavy atom. The molecule has 5 nitrogen and oxygen atoms in total. The number of esters is 1. The van der Waals surface area contributed by atoms with E-state index in [0.717, 1.165) is 0 Å². The summed E-state index contributed by atoms with van der Waals surface area (Å²) in [6.45, 7) is 5.46. The van der Waals surface area contributed by atoms with Gasteiger partial charge in [-0.25, -0.2) is 4.79 Å². The van der Waals surface area contributed by atoms with E-state index in [1.807, 2.05) is 32.9 Å². The second-order valence-electron chi connectivity index (χ2n) is 5.75. The Kier molecular flexibility index (Phi) is 3.64. The van der Waals surface area contributed by atoms with Gasteiger partial charge in [-0.3, -0.25) is 9.69 Å². The molecule has 0 aromatic carbocycles. The highest BCUT2D eigenvalue weighted by atomic mass is 79.9. The molecule has 0 aromatic rings. The Balaban J connectivity index is 2.18. The number of hydrogen-bond acceptors (Lipinski definition) is 4. The summed E-state index contributed by atoms with van der Waals surface area (Å²) in [6.07, 6.45) is 3.39. The fraction of sp³-hybridized carbons (Fsp3) is 0.692. The minimum absolute atomic E-state index is 0.137. The molecule has 6 heteroatoms. The van der Waals surface area contributed by atoms with Crippen molar-refractivity contribution in [2.75, 3.05) is 7.11 Å². The Morgan fingerprint density at radius 2 is 1.79 bits per heavy atom. The summed E-state index contributed by atoms with van der Waals surface area (Å²) >= 11 is 3.49. The van der Waals surface area contributed by atoms with Crippen LogP contribution < -0.4 is 0 Å². The molecule has 1 saturated heterocycles. The maximum atomic E-state index is 12.2. The predicted octanol–water partition coefficient (Wildman–Crippen LogP) is 2.10. The van der Waals surface area contributed by atoms with Crippen LogP contribution in [0.4, 0.5) is 4.79 Å². The molecule has 1 amide bonds. The molecule has 0 radical (unpaired) electrons. The smallest absolute Gasteiger partial charge is 0.411 e. The van der Waals surface area contributed by atoms with Gasteiger partial charge in [0, 0.05) is 0 Å². The summed E-state index contributed by atoms with van der Waals surface area (Å²) in [5.74, 6) is -0.695. The number of rotatable bonds is 1. The molecular formula is C13H18BrNO4. The van der Waals surface area contributed by atoms with Gasteiger partial charge in [0.2, 0.25) is 0 Å². The van der Waals surface area contributed by atoms with E-state index in [9.17, 15) is 9.59 Å². The van der Waals surface area contributed by atoms with Gasteiger partial charge in [-0.05, 0) is 20.8 Å². The first-order valence-electron chi connectivity index (χ1n) is 6.18. The van der Waals surface area contributed by atoms with Crippen molar-refractivity contribution >= 4 is 28.0 Å². The van der Waals surface area contributed by atoms with Gasteiger partial charge in [-0.15, -0.1) is 0 Å². The molecule has 2 aliphatic heterocycles. The summed E-state index contributed by atoms with van der Waals surface area (Å²) in [5, 5.41) is 0. The summed E-state index contributed by atoms with van der Waals surface area (Å²) in [7, 11) is 1.36. The monoisotopic (exact) mass is 331 g/mol. The molecule has 2 bridgehead atoms. The van der Waals surface area contributed by atoms with Crippen molar-refractivity contribution in [3.05, 3.63) is 12.2 Å². The van der Waals surface area contributed by atoms with Gasteiger partial charge in [0.25, 0.3) is 0 Å². The predicted molar refractivity (Wildman–Crippen MR) is 73.0 cm³/mol. The minimum atomic E-state index is -0.554. The first-order valence-corrected chi connectivity index (χ1v) is 7.09. The molecule has 0 saturated carbocycles. The number of methoxy groups -OCH3 is 1. The Bertz CT molecular complexity index is 429. The van der Waals surface area contributed by atoms with Crippen LogP contribution in [0.5, 0.6) is 0 Å². The SMILES string of the molecule is COC(=O)C1C(Br)C2C=CC1N2C(=O)OC(C)(C)C. The van der Waals surface area contributed by atoms with E-state index in [-0.39, 0.29) is 28.8 Å². The van der Waals surface area contributed by atoms with Crippen molar-refractivity contribution < 1.29 is 19.1 Å². The van der Waals surface area contributed by atoms with Gasteiger partial charge in [0.15, 0.2) is 0 Å². The lowest BCUT2D eigenvalue weighted by Gasteiger charge is -2.27. The van der Waals surface area contributed by atoms with E-state index in [0.29, 0.717) is 0 Å². The van der Waals surface area contributed by atoms with Crippen LogP contribution in [-0.4, -0.2) is 46.6 Å². The maximum Gasteiger partial charge on any atom is 0.411 e. The molecule has 4 unspecified atom stereocenters. The van der Waals surface area contributed by atoms with Gasteiger partial charge in [0.05, 0.1) is 29.9 Å². The van der Waals surface area contributed by atoms with Crippen LogP contribution in [0.15, 0.2) is 12.2 Å². The van der Waals surface area contributed by atoms with Gasteiger partial charge in [0.1, 0.15) is 5.60 Å². The van der Waals surface area contributed by atoms with E-state index in [2.05, 4.69) is 15.9 Å². The van der Waals surface area contributed by atoms with Crippen LogP contribution in [0.25, 0.3) is 0 Å². The second kappa shape index (κ2) is 4.81. The molecule has 4 atom stereocenters. The first kappa shape index (κ1) is 14.4. The molecule has 0 aromatic heterocycles.